The van der Waals surface area contributed by atoms with Crippen molar-refractivity contribution in [3.63, 3.8) is 0 Å². The zero-order valence-corrected chi connectivity index (χ0v) is 13.7. The molecule has 0 radical (unpaired) electrons. The molecule has 4 heteroatoms. The highest BCUT2D eigenvalue weighted by molar-refractivity contribution is 6.11. The maximum atomic E-state index is 12.9. The molecule has 0 fully saturated rings. The lowest BCUT2D eigenvalue weighted by Crippen LogP contribution is -2.24. The van der Waals surface area contributed by atoms with Crippen molar-refractivity contribution in [2.45, 2.75) is 13.0 Å². The minimum atomic E-state index is -0.622. The Labute approximate surface area is 140 Å². The van der Waals surface area contributed by atoms with Gasteiger partial charge in [0.05, 0.1) is 7.11 Å². The minimum Gasteiger partial charge on any atom is -0.496 e. The first-order valence-corrected chi connectivity index (χ1v) is 7.72. The van der Waals surface area contributed by atoms with E-state index in [1.165, 1.54) is 0 Å². The maximum absolute atomic E-state index is 12.9. The van der Waals surface area contributed by atoms with Crippen molar-refractivity contribution in [1.82, 2.24) is 0 Å². The lowest BCUT2D eigenvalue weighted by atomic mass is 9.98. The summed E-state index contributed by atoms with van der Waals surface area (Å²) in [7, 11) is 1.62. The van der Waals surface area contributed by atoms with Crippen molar-refractivity contribution in [2.24, 2.45) is 0 Å². The van der Waals surface area contributed by atoms with E-state index in [4.69, 9.17) is 15.2 Å². The first kappa shape index (κ1) is 15.9. The number of hydrogen-bond donors (Lipinski definition) is 1. The van der Waals surface area contributed by atoms with Crippen LogP contribution in [0.4, 0.5) is 5.69 Å². The molecule has 1 unspecified atom stereocenters. The van der Waals surface area contributed by atoms with Crippen LogP contribution in [-0.2, 0) is 0 Å². The van der Waals surface area contributed by atoms with Crippen LogP contribution in [0.3, 0.4) is 0 Å². The van der Waals surface area contributed by atoms with Crippen LogP contribution in [0.25, 0.3) is 10.8 Å². The zero-order valence-electron chi connectivity index (χ0n) is 13.7. The molecule has 0 saturated carbocycles. The van der Waals surface area contributed by atoms with Gasteiger partial charge in [0.15, 0.2) is 6.10 Å². The van der Waals surface area contributed by atoms with Gasteiger partial charge in [-0.25, -0.2) is 0 Å². The van der Waals surface area contributed by atoms with Crippen LogP contribution in [0.15, 0.2) is 60.7 Å². The Morgan fingerprint density at radius 3 is 2.46 bits per heavy atom. The first-order chi connectivity index (χ1) is 11.6. The van der Waals surface area contributed by atoms with Gasteiger partial charge in [-0.05, 0) is 36.6 Å². The van der Waals surface area contributed by atoms with E-state index in [0.29, 0.717) is 17.0 Å². The summed E-state index contributed by atoms with van der Waals surface area (Å²) in [5.74, 6) is 1.23. The number of rotatable bonds is 5. The zero-order chi connectivity index (χ0) is 17.1. The monoisotopic (exact) mass is 321 g/mol. The number of carbonyl (C=O) groups is 1. The fraction of sp³-hybridized carbons (Fsp3) is 0.150. The average Bonchev–Trinajstić information content (AvgIpc) is 2.60. The fourth-order valence-corrected chi connectivity index (χ4v) is 2.73. The molecule has 3 aromatic rings. The van der Waals surface area contributed by atoms with E-state index in [-0.39, 0.29) is 5.78 Å². The number of nitrogen functional groups attached to an aromatic ring is 1. The van der Waals surface area contributed by atoms with Crippen LogP contribution in [0.2, 0.25) is 0 Å². The molecule has 1 atom stereocenters. The van der Waals surface area contributed by atoms with Crippen LogP contribution >= 0.6 is 0 Å². The molecular weight excluding hydrogens is 302 g/mol. The van der Waals surface area contributed by atoms with Gasteiger partial charge in [0.2, 0.25) is 5.78 Å². The maximum Gasteiger partial charge on any atom is 0.203 e. The second-order valence-electron chi connectivity index (χ2n) is 5.56. The van der Waals surface area contributed by atoms with Gasteiger partial charge in [-0.3, -0.25) is 4.79 Å². The lowest BCUT2D eigenvalue weighted by molar-refractivity contribution is 0.0820. The minimum absolute atomic E-state index is 0.0868. The number of carbonyl (C=O) groups excluding carboxylic acids is 1. The van der Waals surface area contributed by atoms with Gasteiger partial charge >= 0.3 is 0 Å². The van der Waals surface area contributed by atoms with Gasteiger partial charge in [0, 0.05) is 22.7 Å². The van der Waals surface area contributed by atoms with Crippen LogP contribution in [0, 0.1) is 0 Å². The average molecular weight is 321 g/mol. The van der Waals surface area contributed by atoms with Crippen LogP contribution in [0.5, 0.6) is 11.5 Å². The Morgan fingerprint density at radius 1 is 1.00 bits per heavy atom. The summed E-state index contributed by atoms with van der Waals surface area (Å²) in [5, 5.41) is 1.76. The third-order valence-corrected chi connectivity index (χ3v) is 3.91. The number of methoxy groups -OCH3 is 1. The van der Waals surface area contributed by atoms with Gasteiger partial charge in [-0.15, -0.1) is 0 Å². The SMILES string of the molecule is COc1ccc(C(=O)C(C)Oc2cccc(N)c2)c2ccccc12. The van der Waals surface area contributed by atoms with E-state index < -0.39 is 6.10 Å². The highest BCUT2D eigenvalue weighted by Gasteiger charge is 2.20. The fourth-order valence-electron chi connectivity index (χ4n) is 2.73. The normalized spacial score (nSPS) is 11.9. The summed E-state index contributed by atoms with van der Waals surface area (Å²) in [4.78, 5) is 12.9. The number of ether oxygens (including phenoxy) is 2. The van der Waals surface area contributed by atoms with Crippen LogP contribution < -0.4 is 15.2 Å². The standard InChI is InChI=1S/C20H19NO3/c1-13(24-15-7-5-6-14(21)12-15)20(22)18-10-11-19(23-2)17-9-4-3-8-16(17)18/h3-13H,21H2,1-2H3. The quantitative estimate of drug-likeness (QED) is 0.568. The molecule has 0 aliphatic rings. The summed E-state index contributed by atoms with van der Waals surface area (Å²) in [6, 6.07) is 18.3. The predicted molar refractivity (Wildman–Crippen MR) is 95.8 cm³/mol. The van der Waals surface area contributed by atoms with Crippen molar-refractivity contribution in [2.75, 3.05) is 12.8 Å². The topological polar surface area (TPSA) is 61.5 Å². The molecule has 3 aromatic carbocycles. The molecule has 24 heavy (non-hydrogen) atoms. The van der Waals surface area contributed by atoms with Gasteiger partial charge in [-0.2, -0.15) is 0 Å². The number of ketones is 1. The molecule has 3 rings (SSSR count). The van der Waals surface area contributed by atoms with Gasteiger partial charge in [-0.1, -0.05) is 30.3 Å². The van der Waals surface area contributed by atoms with Gasteiger partial charge in [0.1, 0.15) is 11.5 Å². The summed E-state index contributed by atoms with van der Waals surface area (Å²) >= 11 is 0. The molecule has 0 heterocycles. The molecule has 0 aliphatic carbocycles. The van der Waals surface area contributed by atoms with E-state index >= 15 is 0 Å². The first-order valence-electron chi connectivity index (χ1n) is 7.72. The molecule has 4 nitrogen and oxygen atoms in total. The van der Waals surface area contributed by atoms with E-state index in [2.05, 4.69) is 0 Å². The Bertz CT molecular complexity index is 889. The number of Topliss-reactive ketones (excluding diaryl/α,β-unsaturated/α-hetero) is 1. The number of benzene rings is 3. The summed E-state index contributed by atoms with van der Waals surface area (Å²) in [5.41, 5.74) is 6.96. The second-order valence-corrected chi connectivity index (χ2v) is 5.56. The van der Waals surface area contributed by atoms with Crippen LogP contribution in [-0.4, -0.2) is 19.0 Å². The molecule has 0 bridgehead atoms. The summed E-state index contributed by atoms with van der Waals surface area (Å²) in [6.07, 6.45) is -0.622. The molecule has 0 saturated heterocycles. The Morgan fingerprint density at radius 2 is 1.75 bits per heavy atom. The molecular formula is C20H19NO3. The smallest absolute Gasteiger partial charge is 0.203 e. The van der Waals surface area contributed by atoms with Crippen molar-refractivity contribution in [3.05, 3.63) is 66.2 Å². The predicted octanol–water partition coefficient (Wildman–Crippen LogP) is 4.08. The largest absolute Gasteiger partial charge is 0.496 e. The lowest BCUT2D eigenvalue weighted by Gasteiger charge is -2.16. The molecule has 0 spiro atoms. The highest BCUT2D eigenvalue weighted by atomic mass is 16.5. The Balaban J connectivity index is 1.93. The molecule has 0 aliphatic heterocycles. The molecule has 2 N–H and O–H groups in total. The van der Waals surface area contributed by atoms with Gasteiger partial charge < -0.3 is 15.2 Å². The molecule has 0 amide bonds. The highest BCUT2D eigenvalue weighted by Crippen LogP contribution is 2.29. The third-order valence-electron chi connectivity index (χ3n) is 3.91. The van der Waals surface area contributed by atoms with Crippen molar-refractivity contribution >= 4 is 22.2 Å². The van der Waals surface area contributed by atoms with Gasteiger partial charge in [0.25, 0.3) is 0 Å². The van der Waals surface area contributed by atoms with E-state index in [1.54, 1.807) is 44.4 Å². The van der Waals surface area contributed by atoms with E-state index in [9.17, 15) is 4.79 Å². The Hall–Kier alpha value is -3.01. The van der Waals surface area contributed by atoms with Crippen molar-refractivity contribution < 1.29 is 14.3 Å². The van der Waals surface area contributed by atoms with Crippen molar-refractivity contribution in [3.8, 4) is 11.5 Å². The third kappa shape index (κ3) is 3.04. The van der Waals surface area contributed by atoms with Crippen LogP contribution in [0.1, 0.15) is 17.3 Å². The number of nitrogens with two attached hydrogens (primary N) is 1. The number of hydrogen-bond acceptors (Lipinski definition) is 4. The Kier molecular flexibility index (Phi) is 4.38. The van der Waals surface area contributed by atoms with E-state index in [1.807, 2.05) is 30.3 Å². The molecule has 0 aromatic heterocycles. The number of anilines is 1. The van der Waals surface area contributed by atoms with E-state index in [0.717, 1.165) is 16.5 Å². The summed E-state index contributed by atoms with van der Waals surface area (Å²) in [6.45, 7) is 1.74. The molecule has 122 valence electrons. The second kappa shape index (κ2) is 6.62. The van der Waals surface area contributed by atoms with Crippen molar-refractivity contribution in [1.29, 1.82) is 0 Å². The number of fused-ring (bicyclic) bond motifs is 1. The summed E-state index contributed by atoms with van der Waals surface area (Å²) < 4.78 is 11.1.